The zero-order valence-electron chi connectivity index (χ0n) is 14.6. The molecular formula is C18H22ClN5O2. The highest BCUT2D eigenvalue weighted by Crippen LogP contribution is 2.21. The Balaban J connectivity index is 0.00000196. The Kier molecular flexibility index (Phi) is 6.03. The smallest absolute Gasteiger partial charge is 0.227 e. The van der Waals surface area contributed by atoms with E-state index < -0.39 is 0 Å². The summed E-state index contributed by atoms with van der Waals surface area (Å²) in [6, 6.07) is 10.1. The third kappa shape index (κ3) is 4.12. The van der Waals surface area contributed by atoms with Gasteiger partial charge in [0.15, 0.2) is 17.5 Å². The minimum Gasteiger partial charge on any atom is -0.441 e. The fraction of sp³-hybridized carbons (Fsp3) is 0.389. The molecule has 7 nitrogen and oxygen atoms in total. The van der Waals surface area contributed by atoms with Crippen LogP contribution in [-0.4, -0.2) is 46.7 Å². The summed E-state index contributed by atoms with van der Waals surface area (Å²) < 4.78 is 11.2. The normalized spacial score (nSPS) is 17.8. The third-order valence-corrected chi connectivity index (χ3v) is 4.46. The number of likely N-dealkylation sites (N-methyl/N-ethyl adjacent to an activating group) is 1. The van der Waals surface area contributed by atoms with Crippen LogP contribution < -0.4 is 5.32 Å². The standard InChI is InChI=1S/C18H21N5O2.ClH/c1-23-10-9-19-11-14(23)18-21-17(25-22-18)8-7-16-20-12-15(24-16)13-5-3-2-4-6-13;/h2-6,12,14,19H,7-11H2,1H3;1H. The topological polar surface area (TPSA) is 80.2 Å². The number of hydrogen-bond acceptors (Lipinski definition) is 7. The molecule has 1 atom stereocenters. The highest BCUT2D eigenvalue weighted by Gasteiger charge is 2.25. The van der Waals surface area contributed by atoms with Gasteiger partial charge in [0.25, 0.3) is 0 Å². The van der Waals surface area contributed by atoms with E-state index >= 15 is 0 Å². The van der Waals surface area contributed by atoms with Crippen LogP contribution in [0.5, 0.6) is 0 Å². The number of oxazole rings is 1. The van der Waals surface area contributed by atoms with Crippen molar-refractivity contribution < 1.29 is 8.94 Å². The molecule has 1 aromatic carbocycles. The first-order valence-corrected chi connectivity index (χ1v) is 8.53. The molecule has 1 unspecified atom stereocenters. The largest absolute Gasteiger partial charge is 0.441 e. The summed E-state index contributed by atoms with van der Waals surface area (Å²) >= 11 is 0. The molecule has 8 heteroatoms. The van der Waals surface area contributed by atoms with Crippen LogP contribution in [0.15, 0.2) is 45.5 Å². The number of hydrogen-bond donors (Lipinski definition) is 1. The van der Waals surface area contributed by atoms with Gasteiger partial charge in [-0.3, -0.25) is 4.90 Å². The number of nitrogens with one attached hydrogen (secondary N) is 1. The van der Waals surface area contributed by atoms with Crippen LogP contribution in [0, 0.1) is 0 Å². The van der Waals surface area contributed by atoms with E-state index in [1.54, 1.807) is 6.20 Å². The van der Waals surface area contributed by atoms with Gasteiger partial charge in [-0.05, 0) is 7.05 Å². The van der Waals surface area contributed by atoms with Crippen LogP contribution in [-0.2, 0) is 12.8 Å². The molecule has 0 amide bonds. The van der Waals surface area contributed by atoms with E-state index in [0.717, 1.165) is 36.8 Å². The molecule has 26 heavy (non-hydrogen) atoms. The highest BCUT2D eigenvalue weighted by molar-refractivity contribution is 5.85. The Morgan fingerprint density at radius 1 is 1.19 bits per heavy atom. The lowest BCUT2D eigenvalue weighted by atomic mass is 10.2. The molecule has 1 aliphatic heterocycles. The molecule has 2 aromatic heterocycles. The summed E-state index contributed by atoms with van der Waals surface area (Å²) in [5, 5.41) is 7.50. The van der Waals surface area contributed by atoms with E-state index in [9.17, 15) is 0 Å². The number of aryl methyl sites for hydroxylation is 2. The zero-order chi connectivity index (χ0) is 17.1. The molecule has 3 aromatic rings. The van der Waals surface area contributed by atoms with Gasteiger partial charge in [-0.15, -0.1) is 12.4 Å². The summed E-state index contributed by atoms with van der Waals surface area (Å²) in [6.45, 7) is 2.81. The van der Waals surface area contributed by atoms with Crippen molar-refractivity contribution in [3.05, 3.63) is 54.1 Å². The second-order valence-corrected chi connectivity index (χ2v) is 6.23. The monoisotopic (exact) mass is 375 g/mol. The van der Waals surface area contributed by atoms with Crippen LogP contribution in [0.25, 0.3) is 11.3 Å². The van der Waals surface area contributed by atoms with Gasteiger partial charge in [-0.1, -0.05) is 35.5 Å². The molecule has 4 rings (SSSR count). The maximum atomic E-state index is 5.81. The van der Waals surface area contributed by atoms with Gasteiger partial charge in [0.2, 0.25) is 5.89 Å². The molecule has 0 radical (unpaired) electrons. The van der Waals surface area contributed by atoms with Crippen LogP contribution in [0.2, 0.25) is 0 Å². The minimum absolute atomic E-state index is 0. The van der Waals surface area contributed by atoms with E-state index in [1.807, 2.05) is 30.3 Å². The zero-order valence-corrected chi connectivity index (χ0v) is 15.4. The van der Waals surface area contributed by atoms with E-state index in [0.29, 0.717) is 24.6 Å². The Labute approximate surface area is 158 Å². The molecule has 1 fully saturated rings. The lowest BCUT2D eigenvalue weighted by Crippen LogP contribution is -2.44. The highest BCUT2D eigenvalue weighted by atomic mass is 35.5. The second-order valence-electron chi connectivity index (χ2n) is 6.23. The molecule has 0 bridgehead atoms. The van der Waals surface area contributed by atoms with Crippen molar-refractivity contribution >= 4 is 12.4 Å². The van der Waals surface area contributed by atoms with Crippen LogP contribution in [0.1, 0.15) is 23.6 Å². The Morgan fingerprint density at radius 3 is 2.81 bits per heavy atom. The average Bonchev–Trinajstić information content (AvgIpc) is 3.31. The van der Waals surface area contributed by atoms with Gasteiger partial charge in [-0.2, -0.15) is 4.98 Å². The number of nitrogens with zero attached hydrogens (tertiary/aromatic N) is 4. The van der Waals surface area contributed by atoms with E-state index in [-0.39, 0.29) is 18.4 Å². The molecule has 1 aliphatic rings. The van der Waals surface area contributed by atoms with E-state index in [2.05, 4.69) is 32.4 Å². The Bertz CT molecular complexity index is 820. The number of benzene rings is 1. The average molecular weight is 376 g/mol. The minimum atomic E-state index is 0. The van der Waals surface area contributed by atoms with Gasteiger partial charge in [0, 0.05) is 38.0 Å². The van der Waals surface area contributed by atoms with Crippen molar-refractivity contribution in [1.29, 1.82) is 0 Å². The maximum Gasteiger partial charge on any atom is 0.227 e. The van der Waals surface area contributed by atoms with Crippen molar-refractivity contribution in [3.8, 4) is 11.3 Å². The van der Waals surface area contributed by atoms with Gasteiger partial charge in [0.1, 0.15) is 0 Å². The van der Waals surface area contributed by atoms with E-state index in [1.165, 1.54) is 0 Å². The van der Waals surface area contributed by atoms with Crippen molar-refractivity contribution in [1.82, 2.24) is 25.3 Å². The summed E-state index contributed by atoms with van der Waals surface area (Å²) in [5.41, 5.74) is 1.02. The van der Waals surface area contributed by atoms with Crippen molar-refractivity contribution in [2.45, 2.75) is 18.9 Å². The van der Waals surface area contributed by atoms with Crippen LogP contribution in [0.4, 0.5) is 0 Å². The number of halogens is 1. The van der Waals surface area contributed by atoms with Crippen molar-refractivity contribution in [2.75, 3.05) is 26.7 Å². The molecule has 1 N–H and O–H groups in total. The van der Waals surface area contributed by atoms with Gasteiger partial charge in [0.05, 0.1) is 12.2 Å². The molecule has 0 spiro atoms. The molecule has 0 aliphatic carbocycles. The first-order chi connectivity index (χ1) is 12.3. The molecular weight excluding hydrogens is 354 g/mol. The van der Waals surface area contributed by atoms with Crippen LogP contribution in [0.3, 0.4) is 0 Å². The first kappa shape index (κ1) is 18.6. The van der Waals surface area contributed by atoms with Crippen molar-refractivity contribution in [3.63, 3.8) is 0 Å². The predicted molar refractivity (Wildman–Crippen MR) is 99.1 cm³/mol. The van der Waals surface area contributed by atoms with Gasteiger partial charge < -0.3 is 14.3 Å². The van der Waals surface area contributed by atoms with Crippen molar-refractivity contribution in [2.24, 2.45) is 0 Å². The van der Waals surface area contributed by atoms with Crippen LogP contribution >= 0.6 is 12.4 Å². The lowest BCUT2D eigenvalue weighted by Gasteiger charge is -2.30. The number of aromatic nitrogens is 3. The van der Waals surface area contributed by atoms with E-state index in [4.69, 9.17) is 8.94 Å². The lowest BCUT2D eigenvalue weighted by molar-refractivity contribution is 0.190. The van der Waals surface area contributed by atoms with Gasteiger partial charge >= 0.3 is 0 Å². The second kappa shape index (κ2) is 8.44. The molecule has 0 saturated carbocycles. The summed E-state index contributed by atoms with van der Waals surface area (Å²) in [6.07, 6.45) is 3.01. The number of piperazine rings is 1. The number of rotatable bonds is 5. The summed E-state index contributed by atoms with van der Waals surface area (Å²) in [7, 11) is 2.08. The molecule has 1 saturated heterocycles. The SMILES string of the molecule is CN1CCNCC1c1noc(CCc2ncc(-c3ccccc3)o2)n1.Cl. The summed E-state index contributed by atoms with van der Waals surface area (Å²) in [4.78, 5) is 11.1. The summed E-state index contributed by atoms with van der Waals surface area (Å²) in [5.74, 6) is 2.81. The first-order valence-electron chi connectivity index (χ1n) is 8.53. The fourth-order valence-electron chi connectivity index (χ4n) is 2.97. The molecule has 138 valence electrons. The third-order valence-electron chi connectivity index (χ3n) is 4.46. The quantitative estimate of drug-likeness (QED) is 0.733. The Morgan fingerprint density at radius 2 is 2.00 bits per heavy atom. The van der Waals surface area contributed by atoms with Gasteiger partial charge in [-0.25, -0.2) is 4.98 Å². The fourth-order valence-corrected chi connectivity index (χ4v) is 2.97. The Hall–Kier alpha value is -2.22. The predicted octanol–water partition coefficient (Wildman–Crippen LogP) is 2.51. The maximum absolute atomic E-state index is 5.81. The molecule has 3 heterocycles.